The molecule has 2 amide bonds. The SMILES string of the molecule is COCCN(Cc1ccccc1)C(=O)Nc1ccccc1SC. The van der Waals surface area contributed by atoms with Crippen LogP contribution in [0.5, 0.6) is 0 Å². The number of anilines is 1. The third-order valence-corrected chi connectivity index (χ3v) is 4.21. The molecule has 122 valence electrons. The average Bonchev–Trinajstić information content (AvgIpc) is 2.60. The molecular weight excluding hydrogens is 308 g/mol. The van der Waals surface area contributed by atoms with E-state index in [9.17, 15) is 4.79 Å². The standard InChI is InChI=1S/C18H22N2O2S/c1-22-13-12-20(14-15-8-4-3-5-9-15)18(21)19-16-10-6-7-11-17(16)23-2/h3-11H,12-14H2,1-2H3,(H,19,21). The van der Waals surface area contributed by atoms with Crippen LogP contribution in [-0.4, -0.2) is 37.4 Å². The van der Waals surface area contributed by atoms with E-state index in [0.29, 0.717) is 19.7 Å². The fraction of sp³-hybridized carbons (Fsp3) is 0.278. The van der Waals surface area contributed by atoms with Gasteiger partial charge in [0.2, 0.25) is 0 Å². The zero-order valence-corrected chi connectivity index (χ0v) is 14.3. The van der Waals surface area contributed by atoms with Crippen LogP contribution in [0.15, 0.2) is 59.5 Å². The second-order valence-corrected chi connectivity index (χ2v) is 5.88. The Morgan fingerprint density at radius 1 is 1.13 bits per heavy atom. The topological polar surface area (TPSA) is 41.6 Å². The Bertz CT molecular complexity index is 619. The first-order chi connectivity index (χ1) is 11.2. The smallest absolute Gasteiger partial charge is 0.322 e. The van der Waals surface area contributed by atoms with E-state index in [4.69, 9.17) is 4.74 Å². The molecule has 4 nitrogen and oxygen atoms in total. The first-order valence-corrected chi connectivity index (χ1v) is 8.69. The molecule has 2 rings (SSSR count). The Hall–Kier alpha value is -1.98. The van der Waals surface area contributed by atoms with Crippen molar-refractivity contribution in [1.82, 2.24) is 4.90 Å². The van der Waals surface area contributed by atoms with E-state index >= 15 is 0 Å². The number of rotatable bonds is 7. The molecule has 0 saturated heterocycles. The maximum Gasteiger partial charge on any atom is 0.322 e. The van der Waals surface area contributed by atoms with E-state index in [1.54, 1.807) is 23.8 Å². The summed E-state index contributed by atoms with van der Waals surface area (Å²) < 4.78 is 5.13. The zero-order chi connectivity index (χ0) is 16.5. The number of carbonyl (C=O) groups is 1. The van der Waals surface area contributed by atoms with Crippen LogP contribution < -0.4 is 5.32 Å². The van der Waals surface area contributed by atoms with Crippen molar-refractivity contribution >= 4 is 23.5 Å². The van der Waals surface area contributed by atoms with Gasteiger partial charge in [-0.3, -0.25) is 0 Å². The third-order valence-electron chi connectivity index (χ3n) is 3.42. The summed E-state index contributed by atoms with van der Waals surface area (Å²) in [6.45, 7) is 1.60. The lowest BCUT2D eigenvalue weighted by atomic mass is 10.2. The van der Waals surface area contributed by atoms with Gasteiger partial charge in [-0.05, 0) is 24.0 Å². The summed E-state index contributed by atoms with van der Waals surface area (Å²) in [4.78, 5) is 15.4. The molecule has 2 aromatic carbocycles. The number of nitrogens with zero attached hydrogens (tertiary/aromatic N) is 1. The molecule has 0 aromatic heterocycles. The maximum atomic E-state index is 12.6. The van der Waals surface area contributed by atoms with Crippen molar-refractivity contribution in [2.75, 3.05) is 31.8 Å². The van der Waals surface area contributed by atoms with Crippen molar-refractivity contribution in [1.29, 1.82) is 0 Å². The second kappa shape index (κ2) is 9.22. The minimum Gasteiger partial charge on any atom is -0.383 e. The molecule has 0 spiro atoms. The molecule has 5 heteroatoms. The fourth-order valence-corrected chi connectivity index (χ4v) is 2.75. The minimum atomic E-state index is -0.118. The van der Waals surface area contributed by atoms with Gasteiger partial charge in [-0.15, -0.1) is 11.8 Å². The molecule has 0 bridgehead atoms. The van der Waals surface area contributed by atoms with E-state index in [-0.39, 0.29) is 6.03 Å². The number of methoxy groups -OCH3 is 1. The number of nitrogens with one attached hydrogen (secondary N) is 1. The Morgan fingerprint density at radius 3 is 2.52 bits per heavy atom. The van der Waals surface area contributed by atoms with Crippen molar-refractivity contribution in [3.05, 3.63) is 60.2 Å². The normalized spacial score (nSPS) is 10.3. The quantitative estimate of drug-likeness (QED) is 0.778. The van der Waals surface area contributed by atoms with Gasteiger partial charge in [0, 0.05) is 25.1 Å². The largest absolute Gasteiger partial charge is 0.383 e. The molecule has 23 heavy (non-hydrogen) atoms. The minimum absolute atomic E-state index is 0.118. The fourth-order valence-electron chi connectivity index (χ4n) is 2.20. The Labute approximate surface area is 141 Å². The number of urea groups is 1. The number of hydrogen-bond donors (Lipinski definition) is 1. The lowest BCUT2D eigenvalue weighted by molar-refractivity contribution is 0.153. The highest BCUT2D eigenvalue weighted by Crippen LogP contribution is 2.25. The summed E-state index contributed by atoms with van der Waals surface area (Å²) in [5, 5.41) is 3.00. The van der Waals surface area contributed by atoms with Crippen molar-refractivity contribution in [2.45, 2.75) is 11.4 Å². The molecule has 0 aliphatic carbocycles. The molecule has 0 unspecified atom stereocenters. The van der Waals surface area contributed by atoms with Crippen molar-refractivity contribution < 1.29 is 9.53 Å². The molecule has 0 atom stereocenters. The summed E-state index contributed by atoms with van der Waals surface area (Å²) >= 11 is 1.61. The van der Waals surface area contributed by atoms with Crippen LogP contribution in [0, 0.1) is 0 Å². The molecular formula is C18H22N2O2S. The van der Waals surface area contributed by atoms with Gasteiger partial charge in [0.05, 0.1) is 12.3 Å². The van der Waals surface area contributed by atoms with E-state index < -0.39 is 0 Å². The van der Waals surface area contributed by atoms with Crippen LogP contribution >= 0.6 is 11.8 Å². The van der Waals surface area contributed by atoms with Gasteiger partial charge in [0.15, 0.2) is 0 Å². The monoisotopic (exact) mass is 330 g/mol. The van der Waals surface area contributed by atoms with Crippen molar-refractivity contribution in [2.24, 2.45) is 0 Å². The number of thioether (sulfide) groups is 1. The molecule has 0 radical (unpaired) electrons. The Morgan fingerprint density at radius 2 is 1.83 bits per heavy atom. The lowest BCUT2D eigenvalue weighted by Gasteiger charge is -2.23. The van der Waals surface area contributed by atoms with E-state index in [1.807, 2.05) is 60.9 Å². The van der Waals surface area contributed by atoms with Gasteiger partial charge < -0.3 is 15.0 Å². The highest BCUT2D eigenvalue weighted by atomic mass is 32.2. The van der Waals surface area contributed by atoms with Gasteiger partial charge in [0.25, 0.3) is 0 Å². The summed E-state index contributed by atoms with van der Waals surface area (Å²) in [6.07, 6.45) is 2.00. The van der Waals surface area contributed by atoms with Gasteiger partial charge >= 0.3 is 6.03 Å². The highest BCUT2D eigenvalue weighted by molar-refractivity contribution is 7.98. The second-order valence-electron chi connectivity index (χ2n) is 5.03. The molecule has 0 aliphatic rings. The Balaban J connectivity index is 2.09. The number of benzene rings is 2. The predicted molar refractivity (Wildman–Crippen MR) is 96.0 cm³/mol. The van der Waals surface area contributed by atoms with Crippen LogP contribution in [0.1, 0.15) is 5.56 Å². The molecule has 1 N–H and O–H groups in total. The van der Waals surface area contributed by atoms with Gasteiger partial charge in [-0.1, -0.05) is 42.5 Å². The van der Waals surface area contributed by atoms with Gasteiger partial charge in [0.1, 0.15) is 0 Å². The van der Waals surface area contributed by atoms with Crippen LogP contribution in [0.25, 0.3) is 0 Å². The van der Waals surface area contributed by atoms with E-state index in [0.717, 1.165) is 16.1 Å². The number of para-hydroxylation sites is 1. The van der Waals surface area contributed by atoms with Crippen LogP contribution in [-0.2, 0) is 11.3 Å². The summed E-state index contributed by atoms with van der Waals surface area (Å²) in [5.74, 6) is 0. The maximum absolute atomic E-state index is 12.6. The van der Waals surface area contributed by atoms with Crippen molar-refractivity contribution in [3.8, 4) is 0 Å². The van der Waals surface area contributed by atoms with Gasteiger partial charge in [-0.25, -0.2) is 4.79 Å². The Kier molecular flexibility index (Phi) is 6.97. The molecule has 0 fully saturated rings. The number of hydrogen-bond acceptors (Lipinski definition) is 3. The van der Waals surface area contributed by atoms with Gasteiger partial charge in [-0.2, -0.15) is 0 Å². The zero-order valence-electron chi connectivity index (χ0n) is 13.5. The number of amides is 2. The molecule has 0 saturated carbocycles. The number of ether oxygens (including phenoxy) is 1. The molecule has 0 aliphatic heterocycles. The molecule has 0 heterocycles. The average molecular weight is 330 g/mol. The van der Waals surface area contributed by atoms with Crippen LogP contribution in [0.2, 0.25) is 0 Å². The summed E-state index contributed by atoms with van der Waals surface area (Å²) in [5.41, 5.74) is 1.93. The van der Waals surface area contributed by atoms with E-state index in [1.165, 1.54) is 0 Å². The highest BCUT2D eigenvalue weighted by Gasteiger charge is 2.15. The third kappa shape index (κ3) is 5.30. The molecule has 2 aromatic rings. The first kappa shape index (κ1) is 17.4. The summed E-state index contributed by atoms with van der Waals surface area (Å²) in [7, 11) is 1.64. The van der Waals surface area contributed by atoms with Crippen molar-refractivity contribution in [3.63, 3.8) is 0 Å². The van der Waals surface area contributed by atoms with E-state index in [2.05, 4.69) is 5.32 Å². The summed E-state index contributed by atoms with van der Waals surface area (Å²) in [6, 6.07) is 17.6. The number of carbonyl (C=O) groups excluding carboxylic acids is 1. The first-order valence-electron chi connectivity index (χ1n) is 7.46. The predicted octanol–water partition coefficient (Wildman–Crippen LogP) is 4.09. The van der Waals surface area contributed by atoms with Crippen LogP contribution in [0.4, 0.5) is 10.5 Å². The van der Waals surface area contributed by atoms with Crippen LogP contribution in [0.3, 0.4) is 0 Å². The lowest BCUT2D eigenvalue weighted by Crippen LogP contribution is -2.37.